The van der Waals surface area contributed by atoms with Crippen LogP contribution in [-0.4, -0.2) is 40.6 Å². The molecular weight excluding hydrogens is 252 g/mol. The van der Waals surface area contributed by atoms with Gasteiger partial charge in [0.2, 0.25) is 0 Å². The number of piperidine rings is 1. The molecule has 1 amide bonds. The van der Waals surface area contributed by atoms with Crippen molar-refractivity contribution in [2.45, 2.75) is 45.3 Å². The number of anilines is 1. The first kappa shape index (κ1) is 14.9. The summed E-state index contributed by atoms with van der Waals surface area (Å²) >= 11 is 0. The second-order valence-corrected chi connectivity index (χ2v) is 6.13. The van der Waals surface area contributed by atoms with Gasteiger partial charge in [-0.15, -0.1) is 0 Å². The largest absolute Gasteiger partial charge is 0.390 e. The van der Waals surface area contributed by atoms with Crippen molar-refractivity contribution in [3.63, 3.8) is 0 Å². The van der Waals surface area contributed by atoms with Crippen LogP contribution >= 0.6 is 0 Å². The van der Waals surface area contributed by atoms with E-state index >= 15 is 0 Å². The lowest BCUT2D eigenvalue weighted by atomic mass is 9.93. The van der Waals surface area contributed by atoms with Crippen LogP contribution in [-0.2, 0) is 0 Å². The molecule has 2 N–H and O–H groups in total. The van der Waals surface area contributed by atoms with E-state index in [-0.39, 0.29) is 11.9 Å². The average Bonchev–Trinajstić information content (AvgIpc) is 2.38. The molecule has 1 aromatic carbocycles. The van der Waals surface area contributed by atoms with E-state index in [9.17, 15) is 9.90 Å². The Kier molecular flexibility index (Phi) is 4.33. The maximum atomic E-state index is 12.6. The number of carbonyl (C=O) groups is 1. The summed E-state index contributed by atoms with van der Waals surface area (Å²) < 4.78 is 0. The minimum absolute atomic E-state index is 0.0456. The molecule has 0 saturated carbocycles. The lowest BCUT2D eigenvalue weighted by Crippen LogP contribution is -2.45. The zero-order valence-electron chi connectivity index (χ0n) is 12.5. The number of hydrogen-bond acceptors (Lipinski definition) is 3. The molecule has 0 bridgehead atoms. The number of para-hydroxylation sites is 1. The van der Waals surface area contributed by atoms with E-state index in [0.717, 1.165) is 5.69 Å². The van der Waals surface area contributed by atoms with Crippen molar-refractivity contribution in [2.24, 2.45) is 0 Å². The number of nitrogens with zero attached hydrogens (tertiary/aromatic N) is 1. The minimum Gasteiger partial charge on any atom is -0.390 e. The van der Waals surface area contributed by atoms with Gasteiger partial charge in [-0.05, 0) is 45.7 Å². The van der Waals surface area contributed by atoms with Gasteiger partial charge in [-0.3, -0.25) is 4.79 Å². The van der Waals surface area contributed by atoms with Crippen LogP contribution in [0, 0.1) is 0 Å². The summed E-state index contributed by atoms with van der Waals surface area (Å²) in [7, 11) is 0. The summed E-state index contributed by atoms with van der Waals surface area (Å²) in [4.78, 5) is 14.4. The van der Waals surface area contributed by atoms with Crippen LogP contribution < -0.4 is 5.32 Å². The highest BCUT2D eigenvalue weighted by Gasteiger charge is 2.30. The SMILES string of the molecule is CC(C)Nc1ccccc1C(=O)N1CCC(C)(O)CC1. The number of likely N-dealkylation sites (tertiary alicyclic amines) is 1. The molecule has 1 heterocycles. The van der Waals surface area contributed by atoms with E-state index in [1.807, 2.05) is 36.1 Å². The van der Waals surface area contributed by atoms with Gasteiger partial charge in [0.05, 0.1) is 11.2 Å². The third kappa shape index (κ3) is 3.51. The Morgan fingerprint density at radius 2 is 1.90 bits per heavy atom. The van der Waals surface area contributed by atoms with Crippen LogP contribution in [0.15, 0.2) is 24.3 Å². The summed E-state index contributed by atoms with van der Waals surface area (Å²) in [5.41, 5.74) is 0.958. The molecule has 0 atom stereocenters. The van der Waals surface area contributed by atoms with Crippen LogP contribution in [0.4, 0.5) is 5.69 Å². The second kappa shape index (κ2) is 5.83. The normalized spacial score (nSPS) is 18.1. The van der Waals surface area contributed by atoms with Crippen molar-refractivity contribution in [3.8, 4) is 0 Å². The van der Waals surface area contributed by atoms with Crippen molar-refractivity contribution >= 4 is 11.6 Å². The topological polar surface area (TPSA) is 52.6 Å². The molecule has 0 spiro atoms. The Labute approximate surface area is 120 Å². The maximum absolute atomic E-state index is 12.6. The molecule has 4 heteroatoms. The minimum atomic E-state index is -0.632. The predicted molar refractivity (Wildman–Crippen MR) is 81.0 cm³/mol. The number of nitrogens with one attached hydrogen (secondary N) is 1. The van der Waals surface area contributed by atoms with Crippen LogP contribution in [0.1, 0.15) is 44.0 Å². The lowest BCUT2D eigenvalue weighted by molar-refractivity contribution is -0.00199. The number of hydrogen-bond donors (Lipinski definition) is 2. The summed E-state index contributed by atoms with van der Waals surface area (Å²) in [6.07, 6.45) is 1.27. The fourth-order valence-corrected chi connectivity index (χ4v) is 2.47. The average molecular weight is 276 g/mol. The molecule has 1 aliphatic rings. The molecule has 0 radical (unpaired) electrons. The molecule has 4 nitrogen and oxygen atoms in total. The fraction of sp³-hybridized carbons (Fsp3) is 0.562. The van der Waals surface area contributed by atoms with Crippen molar-refractivity contribution in [1.29, 1.82) is 0 Å². The molecule has 1 saturated heterocycles. The number of amides is 1. The quantitative estimate of drug-likeness (QED) is 0.892. The highest BCUT2D eigenvalue weighted by atomic mass is 16.3. The molecule has 0 aromatic heterocycles. The Hall–Kier alpha value is -1.55. The maximum Gasteiger partial charge on any atom is 0.255 e. The van der Waals surface area contributed by atoms with E-state index in [2.05, 4.69) is 19.2 Å². The summed E-state index contributed by atoms with van der Waals surface area (Å²) in [6, 6.07) is 7.90. The van der Waals surface area contributed by atoms with Gasteiger partial charge in [0, 0.05) is 24.8 Å². The third-order valence-electron chi connectivity index (χ3n) is 3.73. The second-order valence-electron chi connectivity index (χ2n) is 6.13. The molecule has 0 unspecified atom stereocenters. The third-order valence-corrected chi connectivity index (χ3v) is 3.73. The van der Waals surface area contributed by atoms with Gasteiger partial charge in [0.15, 0.2) is 0 Å². The molecule has 20 heavy (non-hydrogen) atoms. The van der Waals surface area contributed by atoms with Crippen LogP contribution in [0.25, 0.3) is 0 Å². The van der Waals surface area contributed by atoms with E-state index in [4.69, 9.17) is 0 Å². The van der Waals surface area contributed by atoms with Crippen molar-refractivity contribution < 1.29 is 9.90 Å². The Bertz CT molecular complexity index is 473. The highest BCUT2D eigenvalue weighted by molar-refractivity contribution is 5.99. The molecule has 1 fully saturated rings. The Morgan fingerprint density at radius 1 is 1.30 bits per heavy atom. The zero-order valence-corrected chi connectivity index (χ0v) is 12.5. The monoisotopic (exact) mass is 276 g/mol. The Balaban J connectivity index is 2.13. The lowest BCUT2D eigenvalue weighted by Gasteiger charge is -2.36. The molecule has 0 aliphatic carbocycles. The van der Waals surface area contributed by atoms with Crippen molar-refractivity contribution in [3.05, 3.63) is 29.8 Å². The van der Waals surface area contributed by atoms with Crippen LogP contribution in [0.5, 0.6) is 0 Å². The molecule has 2 rings (SSSR count). The standard InChI is InChI=1S/C16H24N2O2/c1-12(2)17-14-7-5-4-6-13(14)15(19)18-10-8-16(3,20)9-11-18/h4-7,12,17,20H,8-11H2,1-3H3. The highest BCUT2D eigenvalue weighted by Crippen LogP contribution is 2.24. The van der Waals surface area contributed by atoms with Gasteiger partial charge in [-0.2, -0.15) is 0 Å². The molecule has 1 aromatic rings. The van der Waals surface area contributed by atoms with Gasteiger partial charge in [-0.1, -0.05) is 12.1 Å². The zero-order chi connectivity index (χ0) is 14.8. The van der Waals surface area contributed by atoms with Gasteiger partial charge < -0.3 is 15.3 Å². The van der Waals surface area contributed by atoms with Crippen LogP contribution in [0.3, 0.4) is 0 Å². The van der Waals surface area contributed by atoms with E-state index in [1.165, 1.54) is 0 Å². The van der Waals surface area contributed by atoms with Gasteiger partial charge in [0.1, 0.15) is 0 Å². The Morgan fingerprint density at radius 3 is 2.50 bits per heavy atom. The van der Waals surface area contributed by atoms with E-state index < -0.39 is 5.60 Å². The summed E-state index contributed by atoms with van der Waals surface area (Å²) in [5.74, 6) is 0.0456. The molecular formula is C16H24N2O2. The number of benzene rings is 1. The predicted octanol–water partition coefficient (Wildman–Crippen LogP) is 2.49. The van der Waals surface area contributed by atoms with Crippen molar-refractivity contribution in [1.82, 2.24) is 4.90 Å². The van der Waals surface area contributed by atoms with Crippen molar-refractivity contribution in [2.75, 3.05) is 18.4 Å². The number of rotatable bonds is 3. The molecule has 110 valence electrons. The van der Waals surface area contributed by atoms with Gasteiger partial charge in [0.25, 0.3) is 5.91 Å². The van der Waals surface area contributed by atoms with Crippen LogP contribution in [0.2, 0.25) is 0 Å². The fourth-order valence-electron chi connectivity index (χ4n) is 2.47. The molecule has 1 aliphatic heterocycles. The van der Waals surface area contributed by atoms with E-state index in [1.54, 1.807) is 0 Å². The number of aliphatic hydroxyl groups is 1. The van der Waals surface area contributed by atoms with Gasteiger partial charge >= 0.3 is 0 Å². The summed E-state index contributed by atoms with van der Waals surface area (Å²) in [6.45, 7) is 7.17. The smallest absolute Gasteiger partial charge is 0.255 e. The van der Waals surface area contributed by atoms with E-state index in [0.29, 0.717) is 31.5 Å². The first-order valence-corrected chi connectivity index (χ1v) is 7.26. The first-order chi connectivity index (χ1) is 9.39. The number of carbonyl (C=O) groups excluding carboxylic acids is 1. The first-order valence-electron chi connectivity index (χ1n) is 7.26. The van der Waals surface area contributed by atoms with Gasteiger partial charge in [-0.25, -0.2) is 0 Å². The summed E-state index contributed by atoms with van der Waals surface area (Å²) in [5, 5.41) is 13.3.